The molecule has 1 aromatic carbocycles. The maximum absolute atomic E-state index is 13.6. The molecule has 2 amide bonds. The molecule has 0 unspecified atom stereocenters. The number of halogens is 1. The lowest BCUT2D eigenvalue weighted by atomic mass is 10.1. The van der Waals surface area contributed by atoms with Gasteiger partial charge in [0, 0.05) is 19.5 Å². The van der Waals surface area contributed by atoms with Crippen LogP contribution in [0.5, 0.6) is 0 Å². The van der Waals surface area contributed by atoms with Gasteiger partial charge in [0.25, 0.3) is 5.91 Å². The number of thiazole rings is 1. The van der Waals surface area contributed by atoms with Gasteiger partial charge in [-0.2, -0.15) is 0 Å². The number of carbonyl (C=O) groups excluding carboxylic acids is 2. The van der Waals surface area contributed by atoms with Gasteiger partial charge >= 0.3 is 0 Å². The number of ether oxygens (including phenoxy) is 1. The number of hydrazine groups is 1. The van der Waals surface area contributed by atoms with Crippen molar-refractivity contribution in [2.75, 3.05) is 31.2 Å². The standard InChI is InChI=1S/C18H21FN4O3S/c1-12-16(27-18(20-12)23-8-10-26-11-9-23)17(25)22-21-15(24)7-6-13-4-2-3-5-14(13)19/h2-5H,6-11H2,1H3,(H,21,24)(H,22,25). The van der Waals surface area contributed by atoms with Crippen molar-refractivity contribution in [2.45, 2.75) is 19.8 Å². The first-order valence-electron chi connectivity index (χ1n) is 8.67. The van der Waals surface area contributed by atoms with Crippen LogP contribution in [0.4, 0.5) is 9.52 Å². The number of aromatic nitrogens is 1. The quantitative estimate of drug-likeness (QED) is 0.759. The van der Waals surface area contributed by atoms with E-state index in [0.717, 1.165) is 18.2 Å². The third-order valence-electron chi connectivity index (χ3n) is 4.17. The van der Waals surface area contributed by atoms with Gasteiger partial charge in [-0.15, -0.1) is 0 Å². The Morgan fingerprint density at radius 3 is 2.74 bits per heavy atom. The summed E-state index contributed by atoms with van der Waals surface area (Å²) in [4.78, 5) is 31.2. The fourth-order valence-electron chi connectivity index (χ4n) is 2.68. The van der Waals surface area contributed by atoms with Gasteiger partial charge in [-0.1, -0.05) is 29.5 Å². The summed E-state index contributed by atoms with van der Waals surface area (Å²) in [7, 11) is 0. The molecule has 9 heteroatoms. The summed E-state index contributed by atoms with van der Waals surface area (Å²) in [6.45, 7) is 4.51. The average Bonchev–Trinajstić information content (AvgIpc) is 3.08. The van der Waals surface area contributed by atoms with E-state index in [9.17, 15) is 14.0 Å². The largest absolute Gasteiger partial charge is 0.378 e. The zero-order valence-electron chi connectivity index (χ0n) is 15.0. The Bertz CT molecular complexity index is 821. The maximum atomic E-state index is 13.6. The molecule has 27 heavy (non-hydrogen) atoms. The first-order chi connectivity index (χ1) is 13.0. The Morgan fingerprint density at radius 2 is 2.00 bits per heavy atom. The molecular weight excluding hydrogens is 371 g/mol. The topological polar surface area (TPSA) is 83.6 Å². The van der Waals surface area contributed by atoms with Crippen molar-refractivity contribution >= 4 is 28.3 Å². The van der Waals surface area contributed by atoms with Crippen LogP contribution in [0.2, 0.25) is 0 Å². The highest BCUT2D eigenvalue weighted by molar-refractivity contribution is 7.17. The number of morpholine rings is 1. The highest BCUT2D eigenvalue weighted by atomic mass is 32.1. The number of anilines is 1. The van der Waals surface area contributed by atoms with E-state index in [0.29, 0.717) is 29.3 Å². The van der Waals surface area contributed by atoms with E-state index in [1.54, 1.807) is 25.1 Å². The van der Waals surface area contributed by atoms with Crippen LogP contribution in [0.25, 0.3) is 0 Å². The molecular formula is C18H21FN4O3S. The summed E-state index contributed by atoms with van der Waals surface area (Å²) < 4.78 is 18.9. The number of hydrogen-bond donors (Lipinski definition) is 2. The number of amides is 2. The molecule has 1 aliphatic rings. The fourth-order valence-corrected chi connectivity index (χ4v) is 3.69. The van der Waals surface area contributed by atoms with Crippen LogP contribution in [0.1, 0.15) is 27.3 Å². The third kappa shape index (κ3) is 5.01. The molecule has 1 fully saturated rings. The van der Waals surface area contributed by atoms with Gasteiger partial charge in [0.2, 0.25) is 5.91 Å². The second kappa shape index (κ2) is 8.92. The smallest absolute Gasteiger partial charge is 0.281 e. The van der Waals surface area contributed by atoms with Gasteiger partial charge in [-0.05, 0) is 25.0 Å². The molecule has 2 heterocycles. The summed E-state index contributed by atoms with van der Waals surface area (Å²) in [6.07, 6.45) is 0.330. The SMILES string of the molecule is Cc1nc(N2CCOCC2)sc1C(=O)NNC(=O)CCc1ccccc1F. The molecule has 7 nitrogen and oxygen atoms in total. The minimum absolute atomic E-state index is 0.0713. The van der Waals surface area contributed by atoms with Crippen molar-refractivity contribution in [1.82, 2.24) is 15.8 Å². The minimum atomic E-state index is -0.413. The van der Waals surface area contributed by atoms with Crippen LogP contribution >= 0.6 is 11.3 Å². The van der Waals surface area contributed by atoms with Gasteiger partial charge in [-0.25, -0.2) is 9.37 Å². The van der Waals surface area contributed by atoms with E-state index >= 15 is 0 Å². The van der Waals surface area contributed by atoms with E-state index in [2.05, 4.69) is 20.7 Å². The van der Waals surface area contributed by atoms with Crippen molar-refractivity contribution in [3.8, 4) is 0 Å². The summed E-state index contributed by atoms with van der Waals surface area (Å²) in [5, 5.41) is 0.770. The molecule has 0 radical (unpaired) electrons. The summed E-state index contributed by atoms with van der Waals surface area (Å²) >= 11 is 1.28. The number of nitrogens with one attached hydrogen (secondary N) is 2. The van der Waals surface area contributed by atoms with Crippen LogP contribution in [-0.4, -0.2) is 43.1 Å². The van der Waals surface area contributed by atoms with Crippen LogP contribution in [0.15, 0.2) is 24.3 Å². The zero-order chi connectivity index (χ0) is 19.2. The summed E-state index contributed by atoms with van der Waals surface area (Å²) in [6, 6.07) is 6.31. The molecule has 0 bridgehead atoms. The van der Waals surface area contributed by atoms with Gasteiger partial charge < -0.3 is 9.64 Å². The van der Waals surface area contributed by atoms with Crippen molar-refractivity contribution in [3.05, 3.63) is 46.2 Å². The van der Waals surface area contributed by atoms with E-state index in [-0.39, 0.29) is 24.6 Å². The molecule has 0 saturated carbocycles. The highest BCUT2D eigenvalue weighted by Gasteiger charge is 2.20. The number of aryl methyl sites for hydroxylation is 2. The van der Waals surface area contributed by atoms with Crippen molar-refractivity contribution in [2.24, 2.45) is 0 Å². The molecule has 3 rings (SSSR count). The summed E-state index contributed by atoms with van der Waals surface area (Å²) in [5.41, 5.74) is 5.85. The first kappa shape index (κ1) is 19.2. The molecule has 0 atom stereocenters. The van der Waals surface area contributed by atoms with Crippen molar-refractivity contribution < 1.29 is 18.7 Å². The predicted octanol–water partition coefficient (Wildman–Crippen LogP) is 1.82. The molecule has 1 aromatic heterocycles. The molecule has 144 valence electrons. The minimum Gasteiger partial charge on any atom is -0.378 e. The lowest BCUT2D eigenvalue weighted by molar-refractivity contribution is -0.121. The van der Waals surface area contributed by atoms with Gasteiger partial charge in [0.15, 0.2) is 5.13 Å². The van der Waals surface area contributed by atoms with Gasteiger partial charge in [0.05, 0.1) is 18.9 Å². The molecule has 2 N–H and O–H groups in total. The predicted molar refractivity (Wildman–Crippen MR) is 100 cm³/mol. The number of benzene rings is 1. The first-order valence-corrected chi connectivity index (χ1v) is 9.49. The van der Waals surface area contributed by atoms with Crippen molar-refractivity contribution in [3.63, 3.8) is 0 Å². The maximum Gasteiger partial charge on any atom is 0.281 e. The number of rotatable bonds is 5. The Hall–Kier alpha value is -2.52. The van der Waals surface area contributed by atoms with Gasteiger partial charge in [0.1, 0.15) is 10.7 Å². The lowest BCUT2D eigenvalue weighted by Crippen LogP contribution is -2.41. The second-order valence-electron chi connectivity index (χ2n) is 6.10. The van der Waals surface area contributed by atoms with Crippen molar-refractivity contribution in [1.29, 1.82) is 0 Å². The third-order valence-corrected chi connectivity index (χ3v) is 5.38. The number of carbonyl (C=O) groups is 2. The number of hydrogen-bond acceptors (Lipinski definition) is 6. The molecule has 2 aromatic rings. The molecule has 0 aliphatic carbocycles. The summed E-state index contributed by atoms with van der Waals surface area (Å²) in [5.74, 6) is -1.14. The molecule has 0 spiro atoms. The average molecular weight is 392 g/mol. The zero-order valence-corrected chi connectivity index (χ0v) is 15.8. The Kier molecular flexibility index (Phi) is 6.36. The lowest BCUT2D eigenvalue weighted by Gasteiger charge is -2.25. The van der Waals surface area contributed by atoms with Crippen LogP contribution in [0.3, 0.4) is 0 Å². The monoisotopic (exact) mass is 392 g/mol. The fraction of sp³-hybridized carbons (Fsp3) is 0.389. The molecule has 1 saturated heterocycles. The Labute approximate surface area is 160 Å². The second-order valence-corrected chi connectivity index (χ2v) is 7.08. The van der Waals surface area contributed by atoms with Crippen LogP contribution < -0.4 is 15.8 Å². The highest BCUT2D eigenvalue weighted by Crippen LogP contribution is 2.26. The normalized spacial score (nSPS) is 14.1. The Morgan fingerprint density at radius 1 is 1.26 bits per heavy atom. The number of nitrogens with zero attached hydrogens (tertiary/aromatic N) is 2. The van der Waals surface area contributed by atoms with Crippen LogP contribution in [-0.2, 0) is 16.0 Å². The van der Waals surface area contributed by atoms with E-state index < -0.39 is 5.91 Å². The van der Waals surface area contributed by atoms with E-state index in [1.807, 2.05) is 0 Å². The Balaban J connectivity index is 1.50. The van der Waals surface area contributed by atoms with E-state index in [4.69, 9.17) is 4.74 Å². The van der Waals surface area contributed by atoms with Crippen LogP contribution in [0, 0.1) is 12.7 Å². The van der Waals surface area contributed by atoms with E-state index in [1.165, 1.54) is 17.4 Å². The molecule has 1 aliphatic heterocycles. The van der Waals surface area contributed by atoms with Gasteiger partial charge in [-0.3, -0.25) is 20.4 Å².